The highest BCUT2D eigenvalue weighted by Crippen LogP contribution is 2.42. The van der Waals surface area contributed by atoms with Crippen molar-refractivity contribution < 1.29 is 14.7 Å². The molecule has 0 aromatic heterocycles. The largest absolute Gasteiger partial charge is 0.477 e. The molecule has 1 amide bonds. The predicted molar refractivity (Wildman–Crippen MR) is 85.4 cm³/mol. The minimum absolute atomic E-state index is 0. The van der Waals surface area contributed by atoms with E-state index in [0.717, 1.165) is 31.4 Å². The minimum Gasteiger partial charge on any atom is -0.477 e. The van der Waals surface area contributed by atoms with Gasteiger partial charge in [0.25, 0.3) is 5.91 Å². The number of fused-ring (bicyclic) bond motifs is 1. The van der Waals surface area contributed by atoms with Crippen LogP contribution in [0, 0.1) is 0 Å². The molecule has 0 spiro atoms. The second kappa shape index (κ2) is 6.58. The molecule has 3 rings (SSSR count). The fourth-order valence-electron chi connectivity index (χ4n) is 2.86. The van der Waals surface area contributed by atoms with Gasteiger partial charge in [-0.25, -0.2) is 4.79 Å². The summed E-state index contributed by atoms with van der Waals surface area (Å²) in [7, 11) is 0. The Labute approximate surface area is 138 Å². The van der Waals surface area contributed by atoms with Gasteiger partial charge in [-0.05, 0) is 31.3 Å². The summed E-state index contributed by atoms with van der Waals surface area (Å²) < 4.78 is 0. The second-order valence-electron chi connectivity index (χ2n) is 5.15. The Morgan fingerprint density at radius 2 is 2.10 bits per heavy atom. The van der Waals surface area contributed by atoms with Gasteiger partial charge in [0, 0.05) is 17.3 Å². The van der Waals surface area contributed by atoms with Gasteiger partial charge in [-0.2, -0.15) is 0 Å². The van der Waals surface area contributed by atoms with E-state index in [9.17, 15) is 14.7 Å². The number of hydrogen-bond acceptors (Lipinski definition) is 4. The van der Waals surface area contributed by atoms with Crippen molar-refractivity contribution in [2.24, 2.45) is 4.99 Å². The van der Waals surface area contributed by atoms with Crippen LogP contribution in [0.25, 0.3) is 0 Å². The molecule has 8 heteroatoms. The lowest BCUT2D eigenvalue weighted by molar-refractivity contribution is -0.147. The first-order valence-electron chi connectivity index (χ1n) is 6.65. The molecule has 0 aromatic rings. The number of rotatable bonds is 3. The van der Waals surface area contributed by atoms with Gasteiger partial charge in [-0.15, -0.1) is 35.8 Å². The van der Waals surface area contributed by atoms with E-state index in [1.54, 1.807) is 11.8 Å². The van der Waals surface area contributed by atoms with Gasteiger partial charge in [0.15, 0.2) is 6.04 Å². The van der Waals surface area contributed by atoms with E-state index < -0.39 is 12.0 Å². The highest BCUT2D eigenvalue weighted by molar-refractivity contribution is 8.00. The maximum atomic E-state index is 12.2. The zero-order valence-corrected chi connectivity index (χ0v) is 13.6. The van der Waals surface area contributed by atoms with Crippen LogP contribution in [-0.2, 0) is 9.59 Å². The molecule has 2 aliphatic heterocycles. The highest BCUT2D eigenvalue weighted by atomic mass is 35.5. The fourth-order valence-corrected chi connectivity index (χ4v) is 4.52. The van der Waals surface area contributed by atoms with Gasteiger partial charge in [-0.3, -0.25) is 14.7 Å². The SMILES string of the molecule is Cl.O=C(O)C1=C(CCl)CS[C@@H]2[C@H](N=C3CCCC3)C(=O)N12. The molecule has 1 saturated carbocycles. The molecule has 2 fully saturated rings. The van der Waals surface area contributed by atoms with E-state index in [1.807, 2.05) is 0 Å². The molecule has 0 unspecified atom stereocenters. The summed E-state index contributed by atoms with van der Waals surface area (Å²) in [6.07, 6.45) is 4.21. The molecule has 0 bridgehead atoms. The van der Waals surface area contributed by atoms with Gasteiger partial charge >= 0.3 is 5.97 Å². The van der Waals surface area contributed by atoms with Crippen LogP contribution in [0.4, 0.5) is 0 Å². The number of aliphatic imine (C=N–C) groups is 1. The van der Waals surface area contributed by atoms with Crippen LogP contribution in [0.2, 0.25) is 0 Å². The summed E-state index contributed by atoms with van der Waals surface area (Å²) in [4.78, 5) is 29.5. The quantitative estimate of drug-likeness (QED) is 0.626. The zero-order chi connectivity index (χ0) is 14.3. The Hall–Kier alpha value is -0.720. The minimum atomic E-state index is -1.08. The standard InChI is InChI=1S/C13H15ClN2O3S.ClH/c14-5-7-6-20-12-9(15-8-3-1-2-4-8)11(17)16(12)10(7)13(18)19;/h9,12H,1-6H2,(H,18,19);1H/t9-,12-;/m1./s1. The predicted octanol–water partition coefficient (Wildman–Crippen LogP) is 2.28. The average molecular weight is 351 g/mol. The summed E-state index contributed by atoms with van der Waals surface area (Å²) in [5, 5.41) is 9.12. The summed E-state index contributed by atoms with van der Waals surface area (Å²) in [5.41, 5.74) is 1.78. The Morgan fingerprint density at radius 3 is 2.67 bits per heavy atom. The number of alkyl halides is 1. The van der Waals surface area contributed by atoms with Crippen LogP contribution in [0.15, 0.2) is 16.3 Å². The van der Waals surface area contributed by atoms with Crippen molar-refractivity contribution >= 4 is 53.4 Å². The van der Waals surface area contributed by atoms with Crippen LogP contribution >= 0.6 is 35.8 Å². The first kappa shape index (κ1) is 16.6. The van der Waals surface area contributed by atoms with Gasteiger partial charge < -0.3 is 5.11 Å². The van der Waals surface area contributed by atoms with Crippen LogP contribution < -0.4 is 0 Å². The normalized spacial score (nSPS) is 28.0. The number of amides is 1. The second-order valence-corrected chi connectivity index (χ2v) is 6.52. The maximum absolute atomic E-state index is 12.2. The number of halogens is 2. The first-order valence-corrected chi connectivity index (χ1v) is 8.23. The van der Waals surface area contributed by atoms with Gasteiger partial charge in [0.2, 0.25) is 0 Å². The van der Waals surface area contributed by atoms with E-state index in [1.165, 1.54) is 4.90 Å². The van der Waals surface area contributed by atoms with Crippen molar-refractivity contribution in [3.63, 3.8) is 0 Å². The monoisotopic (exact) mass is 350 g/mol. The number of carboxylic acid groups (broad SMARTS) is 1. The van der Waals surface area contributed by atoms with E-state index in [2.05, 4.69) is 4.99 Å². The molecular weight excluding hydrogens is 335 g/mol. The molecule has 1 N–H and O–H groups in total. The molecule has 1 saturated heterocycles. The Bertz CT molecular complexity index is 528. The molecule has 116 valence electrons. The lowest BCUT2D eigenvalue weighted by Crippen LogP contribution is -2.64. The van der Waals surface area contributed by atoms with Crippen LogP contribution in [0.5, 0.6) is 0 Å². The number of carbonyl (C=O) groups is 2. The number of aliphatic carboxylic acids is 1. The van der Waals surface area contributed by atoms with Crippen LogP contribution in [0.1, 0.15) is 25.7 Å². The molecule has 3 aliphatic rings. The summed E-state index contributed by atoms with van der Waals surface area (Å²) in [6.45, 7) is 0. The van der Waals surface area contributed by atoms with E-state index in [-0.39, 0.29) is 35.3 Å². The molecule has 2 heterocycles. The molecule has 1 aliphatic carbocycles. The molecule has 21 heavy (non-hydrogen) atoms. The summed E-state index contributed by atoms with van der Waals surface area (Å²) in [6, 6.07) is -0.403. The number of carbonyl (C=O) groups excluding carboxylic acids is 1. The summed E-state index contributed by atoms with van der Waals surface area (Å²) >= 11 is 7.33. The number of nitrogens with zero attached hydrogens (tertiary/aromatic N) is 2. The lowest BCUT2D eigenvalue weighted by Gasteiger charge is -2.47. The highest BCUT2D eigenvalue weighted by Gasteiger charge is 2.53. The smallest absolute Gasteiger partial charge is 0.352 e. The number of thioether (sulfide) groups is 1. The topological polar surface area (TPSA) is 70.0 Å². The third-order valence-corrected chi connectivity index (χ3v) is 5.53. The molecule has 2 atom stereocenters. The molecule has 0 radical (unpaired) electrons. The van der Waals surface area contributed by atoms with E-state index >= 15 is 0 Å². The zero-order valence-electron chi connectivity index (χ0n) is 11.2. The van der Waals surface area contributed by atoms with Crippen molar-refractivity contribution in [3.05, 3.63) is 11.3 Å². The van der Waals surface area contributed by atoms with Crippen molar-refractivity contribution in [1.82, 2.24) is 4.90 Å². The van der Waals surface area contributed by atoms with Crippen molar-refractivity contribution in [3.8, 4) is 0 Å². The fraction of sp³-hybridized carbons (Fsp3) is 0.615. The van der Waals surface area contributed by atoms with E-state index in [4.69, 9.17) is 11.6 Å². The molecule has 0 aromatic carbocycles. The van der Waals surface area contributed by atoms with Gasteiger partial charge in [0.1, 0.15) is 11.1 Å². The van der Waals surface area contributed by atoms with Gasteiger partial charge in [0.05, 0.1) is 0 Å². The van der Waals surface area contributed by atoms with E-state index in [0.29, 0.717) is 11.3 Å². The summed E-state index contributed by atoms with van der Waals surface area (Å²) in [5.74, 6) is -0.585. The Kier molecular flexibility index (Phi) is 5.22. The Balaban J connectivity index is 0.00000161. The van der Waals surface area contributed by atoms with Crippen LogP contribution in [-0.4, -0.2) is 50.6 Å². The number of β-lactam (4-membered cyclic amide) rings is 1. The number of hydrogen-bond donors (Lipinski definition) is 1. The molecule has 5 nitrogen and oxygen atoms in total. The van der Waals surface area contributed by atoms with Crippen molar-refractivity contribution in [1.29, 1.82) is 0 Å². The van der Waals surface area contributed by atoms with Crippen LogP contribution in [0.3, 0.4) is 0 Å². The average Bonchev–Trinajstić information content (AvgIpc) is 2.95. The molecular formula is C13H16Cl2N2O3S. The van der Waals surface area contributed by atoms with Crippen molar-refractivity contribution in [2.75, 3.05) is 11.6 Å². The maximum Gasteiger partial charge on any atom is 0.352 e. The first-order chi connectivity index (χ1) is 9.63. The Morgan fingerprint density at radius 1 is 1.43 bits per heavy atom. The van der Waals surface area contributed by atoms with Gasteiger partial charge in [-0.1, -0.05) is 0 Å². The number of carboxylic acids is 1. The third-order valence-electron chi connectivity index (χ3n) is 3.89. The third kappa shape index (κ3) is 2.81. The van der Waals surface area contributed by atoms with Crippen molar-refractivity contribution in [2.45, 2.75) is 37.1 Å². The lowest BCUT2D eigenvalue weighted by atomic mass is 10.0.